The molecule has 21 heavy (non-hydrogen) atoms. The fourth-order valence-corrected chi connectivity index (χ4v) is 2.36. The Morgan fingerprint density at radius 3 is 2.76 bits per heavy atom. The Kier molecular flexibility index (Phi) is 4.18. The number of nitrogens with one attached hydrogen (secondary N) is 1. The molecule has 1 saturated heterocycles. The Morgan fingerprint density at radius 2 is 2.19 bits per heavy atom. The Morgan fingerprint density at radius 1 is 1.48 bits per heavy atom. The molecule has 0 radical (unpaired) electrons. The molecule has 2 amide bonds. The van der Waals surface area contributed by atoms with Crippen LogP contribution in [0.5, 0.6) is 0 Å². The maximum atomic E-state index is 12.5. The van der Waals surface area contributed by atoms with E-state index in [1.165, 1.54) is 23.1 Å². The summed E-state index contributed by atoms with van der Waals surface area (Å²) in [5.74, 6) is -0.924. The lowest BCUT2D eigenvalue weighted by molar-refractivity contribution is -0.385. The van der Waals surface area contributed by atoms with E-state index in [0.29, 0.717) is 30.8 Å². The molecule has 0 bridgehead atoms. The zero-order valence-corrected chi connectivity index (χ0v) is 11.5. The van der Waals surface area contributed by atoms with Gasteiger partial charge in [-0.3, -0.25) is 19.7 Å². The highest BCUT2D eigenvalue weighted by Crippen LogP contribution is 2.20. The third kappa shape index (κ3) is 3.00. The van der Waals surface area contributed by atoms with Gasteiger partial charge >= 0.3 is 0 Å². The smallest absolute Gasteiger partial charge is 0.272 e. The molecule has 0 spiro atoms. The second kappa shape index (κ2) is 5.88. The van der Waals surface area contributed by atoms with Crippen molar-refractivity contribution < 1.29 is 14.5 Å². The van der Waals surface area contributed by atoms with Crippen molar-refractivity contribution in [2.45, 2.75) is 13.0 Å². The van der Waals surface area contributed by atoms with Crippen LogP contribution in [0, 0.1) is 17.0 Å². The van der Waals surface area contributed by atoms with E-state index in [2.05, 4.69) is 5.32 Å². The third-order valence-corrected chi connectivity index (χ3v) is 3.47. The Balaban J connectivity index is 2.28. The van der Waals surface area contributed by atoms with Crippen LogP contribution in [0.15, 0.2) is 18.2 Å². The predicted molar refractivity (Wildman–Crippen MR) is 74.7 cm³/mol. The van der Waals surface area contributed by atoms with Gasteiger partial charge in [-0.1, -0.05) is 0 Å². The number of piperazine rings is 1. The van der Waals surface area contributed by atoms with Crippen LogP contribution < -0.4 is 11.1 Å². The number of hydrogen-bond acceptors (Lipinski definition) is 5. The first-order valence-corrected chi connectivity index (χ1v) is 6.48. The zero-order chi connectivity index (χ0) is 15.6. The standard InChI is InChI=1S/C13H16N4O4/c1-8-6-9(2-3-10(8)17(20)21)13(19)16-5-4-15-7-11(16)12(14)18/h2-3,6,11,15H,4-5,7H2,1H3,(H2,14,18). The SMILES string of the molecule is Cc1cc(C(=O)N2CCNCC2C(N)=O)ccc1[N+](=O)[O-]. The van der Waals surface area contributed by atoms with Gasteiger partial charge < -0.3 is 16.0 Å². The van der Waals surface area contributed by atoms with Gasteiger partial charge in [-0.25, -0.2) is 0 Å². The van der Waals surface area contributed by atoms with Crippen LogP contribution >= 0.6 is 0 Å². The van der Waals surface area contributed by atoms with E-state index in [1.807, 2.05) is 0 Å². The first kappa shape index (κ1) is 14.9. The van der Waals surface area contributed by atoms with Crippen LogP contribution in [0.25, 0.3) is 0 Å². The predicted octanol–water partition coefficient (Wildman–Crippen LogP) is -0.197. The van der Waals surface area contributed by atoms with Gasteiger partial charge in [0.25, 0.3) is 11.6 Å². The molecule has 1 aromatic carbocycles. The number of rotatable bonds is 3. The van der Waals surface area contributed by atoms with Crippen molar-refractivity contribution in [3.8, 4) is 0 Å². The number of nitro groups is 1. The summed E-state index contributed by atoms with van der Waals surface area (Å²) in [4.78, 5) is 35.6. The molecule has 3 N–H and O–H groups in total. The molecule has 1 aliphatic rings. The zero-order valence-electron chi connectivity index (χ0n) is 11.5. The summed E-state index contributed by atoms with van der Waals surface area (Å²) in [7, 11) is 0. The quantitative estimate of drug-likeness (QED) is 0.591. The summed E-state index contributed by atoms with van der Waals surface area (Å²) in [6.45, 7) is 2.81. The number of carbonyl (C=O) groups excluding carboxylic acids is 2. The van der Waals surface area contributed by atoms with E-state index in [-0.39, 0.29) is 11.6 Å². The van der Waals surface area contributed by atoms with Gasteiger partial charge in [0.2, 0.25) is 5.91 Å². The van der Waals surface area contributed by atoms with Crippen molar-refractivity contribution in [3.63, 3.8) is 0 Å². The molecule has 1 atom stereocenters. The molecular weight excluding hydrogens is 276 g/mol. The fourth-order valence-electron chi connectivity index (χ4n) is 2.36. The molecule has 112 valence electrons. The van der Waals surface area contributed by atoms with Crippen LogP contribution in [0.4, 0.5) is 5.69 Å². The lowest BCUT2D eigenvalue weighted by atomic mass is 10.1. The van der Waals surface area contributed by atoms with Gasteiger partial charge in [-0.2, -0.15) is 0 Å². The molecule has 1 unspecified atom stereocenters. The molecule has 8 heteroatoms. The van der Waals surface area contributed by atoms with Crippen LogP contribution in [0.2, 0.25) is 0 Å². The van der Waals surface area contributed by atoms with Crippen molar-refractivity contribution in [2.75, 3.05) is 19.6 Å². The minimum absolute atomic E-state index is 0.0432. The van der Waals surface area contributed by atoms with E-state index >= 15 is 0 Å². The number of amides is 2. The Labute approximate surface area is 121 Å². The maximum Gasteiger partial charge on any atom is 0.272 e. The lowest BCUT2D eigenvalue weighted by Gasteiger charge is -2.34. The molecule has 8 nitrogen and oxygen atoms in total. The number of aryl methyl sites for hydroxylation is 1. The number of nitrogens with two attached hydrogens (primary N) is 1. The van der Waals surface area contributed by atoms with E-state index in [1.54, 1.807) is 6.92 Å². The largest absolute Gasteiger partial charge is 0.368 e. The minimum Gasteiger partial charge on any atom is -0.368 e. The lowest BCUT2D eigenvalue weighted by Crippen LogP contribution is -2.58. The molecular formula is C13H16N4O4. The van der Waals surface area contributed by atoms with Crippen molar-refractivity contribution in [1.82, 2.24) is 10.2 Å². The Bertz CT molecular complexity index is 602. The first-order chi connectivity index (χ1) is 9.91. The average Bonchev–Trinajstić information content (AvgIpc) is 2.45. The molecule has 1 heterocycles. The topological polar surface area (TPSA) is 119 Å². The summed E-state index contributed by atoms with van der Waals surface area (Å²) < 4.78 is 0. The van der Waals surface area contributed by atoms with E-state index in [4.69, 9.17) is 5.73 Å². The van der Waals surface area contributed by atoms with Gasteiger partial charge in [0.1, 0.15) is 6.04 Å². The Hall–Kier alpha value is -2.48. The molecule has 1 aliphatic heterocycles. The second-order valence-corrected chi connectivity index (χ2v) is 4.88. The molecule has 0 saturated carbocycles. The van der Waals surface area contributed by atoms with E-state index in [9.17, 15) is 19.7 Å². The van der Waals surface area contributed by atoms with Crippen LogP contribution in [-0.4, -0.2) is 47.3 Å². The number of benzene rings is 1. The average molecular weight is 292 g/mol. The van der Waals surface area contributed by atoms with Gasteiger partial charge in [-0.15, -0.1) is 0 Å². The fraction of sp³-hybridized carbons (Fsp3) is 0.385. The van der Waals surface area contributed by atoms with Gasteiger partial charge in [0, 0.05) is 36.8 Å². The van der Waals surface area contributed by atoms with Crippen LogP contribution in [-0.2, 0) is 4.79 Å². The first-order valence-electron chi connectivity index (χ1n) is 6.48. The monoisotopic (exact) mass is 292 g/mol. The van der Waals surface area contributed by atoms with Crippen molar-refractivity contribution in [2.24, 2.45) is 5.73 Å². The van der Waals surface area contributed by atoms with Gasteiger partial charge in [0.15, 0.2) is 0 Å². The summed E-state index contributed by atoms with van der Waals surface area (Å²) in [5.41, 5.74) is 5.97. The van der Waals surface area contributed by atoms with Crippen molar-refractivity contribution in [1.29, 1.82) is 0 Å². The van der Waals surface area contributed by atoms with E-state index in [0.717, 1.165) is 0 Å². The number of hydrogen-bond donors (Lipinski definition) is 2. The highest BCUT2D eigenvalue weighted by atomic mass is 16.6. The highest BCUT2D eigenvalue weighted by Gasteiger charge is 2.31. The molecule has 0 aliphatic carbocycles. The van der Waals surface area contributed by atoms with Gasteiger partial charge in [-0.05, 0) is 19.1 Å². The second-order valence-electron chi connectivity index (χ2n) is 4.88. The third-order valence-electron chi connectivity index (χ3n) is 3.47. The number of nitrogens with zero attached hydrogens (tertiary/aromatic N) is 2. The summed E-state index contributed by atoms with van der Waals surface area (Å²) in [6, 6.07) is 3.44. The highest BCUT2D eigenvalue weighted by molar-refractivity contribution is 5.98. The van der Waals surface area contributed by atoms with Crippen molar-refractivity contribution in [3.05, 3.63) is 39.4 Å². The molecule has 1 fully saturated rings. The summed E-state index contributed by atoms with van der Waals surface area (Å²) in [6.07, 6.45) is 0. The molecule has 2 rings (SSSR count). The normalized spacial score (nSPS) is 18.3. The number of nitro benzene ring substituents is 1. The molecule has 0 aromatic heterocycles. The summed E-state index contributed by atoms with van der Waals surface area (Å²) >= 11 is 0. The number of carbonyl (C=O) groups is 2. The van der Waals surface area contributed by atoms with Crippen molar-refractivity contribution >= 4 is 17.5 Å². The molecule has 1 aromatic rings. The number of primary amides is 1. The summed E-state index contributed by atoms with van der Waals surface area (Å²) in [5, 5.41) is 13.8. The van der Waals surface area contributed by atoms with Crippen LogP contribution in [0.1, 0.15) is 15.9 Å². The van der Waals surface area contributed by atoms with Crippen LogP contribution in [0.3, 0.4) is 0 Å². The maximum absolute atomic E-state index is 12.5. The van der Waals surface area contributed by atoms with Gasteiger partial charge in [0.05, 0.1) is 4.92 Å². The minimum atomic E-state index is -0.707. The van der Waals surface area contributed by atoms with E-state index < -0.39 is 16.9 Å².